The van der Waals surface area contributed by atoms with Crippen LogP contribution in [0.4, 0.5) is 26.3 Å². The van der Waals surface area contributed by atoms with Gasteiger partial charge in [0.15, 0.2) is 11.4 Å². The van der Waals surface area contributed by atoms with Crippen LogP contribution < -0.4 is 20.6 Å². The number of halogens is 6. The van der Waals surface area contributed by atoms with Gasteiger partial charge in [-0.2, -0.15) is 17.6 Å². The summed E-state index contributed by atoms with van der Waals surface area (Å²) in [6, 6.07) is 17.1. The molecule has 0 fully saturated rings. The van der Waals surface area contributed by atoms with E-state index in [9.17, 15) is 35.9 Å². The summed E-state index contributed by atoms with van der Waals surface area (Å²) in [5, 5.41) is 0. The first-order valence-electron chi connectivity index (χ1n) is 14.1. The Morgan fingerprint density at radius 1 is 0.562 bits per heavy atom. The summed E-state index contributed by atoms with van der Waals surface area (Å²) in [7, 11) is 5.53. The van der Waals surface area contributed by atoms with E-state index in [1.54, 1.807) is 0 Å². The van der Waals surface area contributed by atoms with Gasteiger partial charge >= 0.3 is 11.8 Å². The molecule has 2 heterocycles. The second-order valence-electron chi connectivity index (χ2n) is 10.5. The summed E-state index contributed by atoms with van der Waals surface area (Å²) in [6.07, 6.45) is 0. The Kier molecular flexibility index (Phi) is 9.02. The lowest BCUT2D eigenvalue weighted by molar-refractivity contribution is 0.0357. The normalized spacial score (nSPS) is 11.7. The third kappa shape index (κ3) is 6.20. The molecule has 0 saturated heterocycles. The van der Waals surface area contributed by atoms with Gasteiger partial charge in [-0.25, -0.2) is 18.7 Å². The number of aromatic nitrogens is 4. The van der Waals surface area contributed by atoms with Crippen molar-refractivity contribution in [3.8, 4) is 11.5 Å². The highest BCUT2D eigenvalue weighted by Gasteiger charge is 2.40. The molecule has 48 heavy (non-hydrogen) atoms. The number of aryl methyl sites for hydroxylation is 2. The highest BCUT2D eigenvalue weighted by atomic mass is 19.3. The van der Waals surface area contributed by atoms with Gasteiger partial charge in [-0.3, -0.25) is 9.59 Å². The fourth-order valence-corrected chi connectivity index (χ4v) is 4.90. The van der Waals surface area contributed by atoms with Crippen molar-refractivity contribution in [3.05, 3.63) is 140 Å². The topological polar surface area (TPSA) is 88.2 Å². The predicted octanol–water partition coefficient (Wildman–Crippen LogP) is 6.44. The van der Waals surface area contributed by atoms with E-state index in [1.807, 2.05) is 0 Å². The van der Waals surface area contributed by atoms with Crippen LogP contribution in [-0.4, -0.2) is 33.3 Å². The zero-order valence-electron chi connectivity index (χ0n) is 25.8. The lowest BCUT2D eigenvalue weighted by atomic mass is 10.1. The van der Waals surface area contributed by atoms with Crippen LogP contribution in [0.25, 0.3) is 22.1 Å². The van der Waals surface area contributed by atoms with E-state index in [0.717, 1.165) is 57.7 Å². The molecule has 0 bridgehead atoms. The summed E-state index contributed by atoms with van der Waals surface area (Å²) < 4.78 is 97.8. The quantitative estimate of drug-likeness (QED) is 0.190. The van der Waals surface area contributed by atoms with Gasteiger partial charge in [0.1, 0.15) is 23.1 Å². The van der Waals surface area contributed by atoms with E-state index in [0.29, 0.717) is 11.5 Å². The maximum atomic E-state index is 14.8. The summed E-state index contributed by atoms with van der Waals surface area (Å²) >= 11 is 0. The Labute approximate surface area is 268 Å². The van der Waals surface area contributed by atoms with Gasteiger partial charge in [0.05, 0.1) is 36.3 Å². The molecule has 0 radical (unpaired) electrons. The van der Waals surface area contributed by atoms with E-state index in [4.69, 9.17) is 9.47 Å². The van der Waals surface area contributed by atoms with Crippen LogP contribution >= 0.6 is 0 Å². The van der Waals surface area contributed by atoms with Crippen molar-refractivity contribution >= 4 is 22.1 Å². The fraction of sp³-hybridized carbons (Fsp3) is 0.176. The Hall–Kier alpha value is -5.66. The molecule has 4 aromatic carbocycles. The molecular weight excluding hydrogens is 642 g/mol. The van der Waals surface area contributed by atoms with Crippen molar-refractivity contribution in [2.75, 3.05) is 14.2 Å². The van der Waals surface area contributed by atoms with E-state index in [2.05, 4.69) is 9.97 Å². The Balaban J connectivity index is 0.000000188. The standard InChI is InChI=1S/2C17H13F3N2O2/c2*1-22-14-8-5-11(18)9-13(14)21-15(16(22)23)17(19,20)10-3-6-12(24-2)7-4-10/h2*3-9H,1-2H3. The van der Waals surface area contributed by atoms with Crippen LogP contribution in [0.15, 0.2) is 94.5 Å². The van der Waals surface area contributed by atoms with Crippen molar-refractivity contribution < 1.29 is 35.8 Å². The van der Waals surface area contributed by atoms with Gasteiger partial charge < -0.3 is 18.6 Å². The average Bonchev–Trinajstić information content (AvgIpc) is 3.08. The predicted molar refractivity (Wildman–Crippen MR) is 166 cm³/mol. The van der Waals surface area contributed by atoms with E-state index < -0.39 is 57.1 Å². The van der Waals surface area contributed by atoms with Crippen LogP contribution in [0.3, 0.4) is 0 Å². The molecule has 6 rings (SSSR count). The second-order valence-corrected chi connectivity index (χ2v) is 10.5. The molecule has 0 N–H and O–H groups in total. The molecule has 14 heteroatoms. The van der Waals surface area contributed by atoms with Gasteiger partial charge in [0.2, 0.25) is 0 Å². The van der Waals surface area contributed by atoms with Crippen LogP contribution in [0, 0.1) is 11.6 Å². The molecule has 0 aliphatic carbocycles. The summed E-state index contributed by atoms with van der Waals surface area (Å²) in [6.45, 7) is 0. The highest BCUT2D eigenvalue weighted by molar-refractivity contribution is 5.75. The monoisotopic (exact) mass is 668 g/mol. The second kappa shape index (κ2) is 12.9. The lowest BCUT2D eigenvalue weighted by Crippen LogP contribution is -2.32. The lowest BCUT2D eigenvalue weighted by Gasteiger charge is -2.17. The van der Waals surface area contributed by atoms with Gasteiger partial charge in [0.25, 0.3) is 11.1 Å². The van der Waals surface area contributed by atoms with E-state index in [1.165, 1.54) is 64.7 Å². The molecular formula is C34H26F6N4O4. The van der Waals surface area contributed by atoms with Crippen molar-refractivity contribution in [2.45, 2.75) is 11.8 Å². The van der Waals surface area contributed by atoms with E-state index >= 15 is 0 Å². The van der Waals surface area contributed by atoms with Crippen LogP contribution in [0.5, 0.6) is 11.5 Å². The average molecular weight is 669 g/mol. The van der Waals surface area contributed by atoms with Gasteiger partial charge in [-0.1, -0.05) is 0 Å². The smallest absolute Gasteiger partial charge is 0.320 e. The number of fused-ring (bicyclic) bond motifs is 2. The van der Waals surface area contributed by atoms with Crippen molar-refractivity contribution in [2.24, 2.45) is 14.1 Å². The molecule has 0 unspecified atom stereocenters. The number of hydrogen-bond donors (Lipinski definition) is 0. The number of benzene rings is 4. The fourth-order valence-electron chi connectivity index (χ4n) is 4.90. The minimum Gasteiger partial charge on any atom is -0.497 e. The van der Waals surface area contributed by atoms with Gasteiger partial charge in [-0.15, -0.1) is 0 Å². The molecule has 0 atom stereocenters. The third-order valence-corrected chi connectivity index (χ3v) is 7.58. The minimum absolute atomic E-state index is 0.0136. The Morgan fingerprint density at radius 2 is 0.896 bits per heavy atom. The Bertz CT molecular complexity index is 2090. The Morgan fingerprint density at radius 3 is 1.21 bits per heavy atom. The first-order valence-corrected chi connectivity index (χ1v) is 14.1. The first kappa shape index (κ1) is 33.7. The number of rotatable bonds is 6. The number of nitrogens with zero attached hydrogens (tertiary/aromatic N) is 4. The zero-order valence-corrected chi connectivity index (χ0v) is 25.8. The highest BCUT2D eigenvalue weighted by Crippen LogP contribution is 2.35. The van der Waals surface area contributed by atoms with Crippen molar-refractivity contribution in [1.82, 2.24) is 19.1 Å². The maximum Gasteiger partial charge on any atom is 0.320 e. The molecule has 0 amide bonds. The van der Waals surface area contributed by atoms with Crippen LogP contribution in [-0.2, 0) is 25.9 Å². The molecule has 2 aromatic heterocycles. The number of hydrogen-bond acceptors (Lipinski definition) is 6. The van der Waals surface area contributed by atoms with Crippen molar-refractivity contribution in [1.29, 1.82) is 0 Å². The largest absolute Gasteiger partial charge is 0.497 e. The van der Waals surface area contributed by atoms with Gasteiger partial charge in [-0.05, 0) is 72.8 Å². The van der Waals surface area contributed by atoms with Gasteiger partial charge in [0, 0.05) is 37.4 Å². The molecule has 0 saturated carbocycles. The molecule has 248 valence electrons. The van der Waals surface area contributed by atoms with Crippen LogP contribution in [0.2, 0.25) is 0 Å². The minimum atomic E-state index is -3.62. The molecule has 0 aliphatic rings. The number of alkyl halides is 4. The molecule has 0 aliphatic heterocycles. The summed E-state index contributed by atoms with van der Waals surface area (Å²) in [5.74, 6) is -7.66. The maximum absolute atomic E-state index is 14.8. The molecule has 0 spiro atoms. The number of methoxy groups -OCH3 is 2. The first-order chi connectivity index (χ1) is 22.7. The zero-order chi connectivity index (χ0) is 35.0. The SMILES string of the molecule is COc1ccc(C(F)(F)c2nc3cc(F)ccc3n(C)c2=O)cc1.COc1ccc(C(F)(F)c2nc3cc(F)ccc3n(C)c2=O)cc1. The summed E-state index contributed by atoms with van der Waals surface area (Å²) in [5.41, 5.74) is -4.05. The number of ether oxygens (including phenoxy) is 2. The summed E-state index contributed by atoms with van der Waals surface area (Å²) in [4.78, 5) is 32.1. The molecule has 8 nitrogen and oxygen atoms in total. The van der Waals surface area contributed by atoms with Crippen LogP contribution in [0.1, 0.15) is 22.5 Å². The molecule has 6 aromatic rings. The third-order valence-electron chi connectivity index (χ3n) is 7.58. The van der Waals surface area contributed by atoms with Crippen molar-refractivity contribution in [3.63, 3.8) is 0 Å². The van der Waals surface area contributed by atoms with E-state index in [-0.39, 0.29) is 22.1 Å².